The van der Waals surface area contributed by atoms with Crippen LogP contribution < -0.4 is 14.2 Å². The zero-order valence-corrected chi connectivity index (χ0v) is 15.9. The van der Waals surface area contributed by atoms with E-state index in [0.29, 0.717) is 36.9 Å². The van der Waals surface area contributed by atoms with E-state index in [9.17, 15) is 0 Å². The molecule has 1 aromatic carbocycles. The average Bonchev–Trinajstić information content (AvgIpc) is 2.72. The summed E-state index contributed by atoms with van der Waals surface area (Å²) in [5.74, 6) is 2.14. The summed E-state index contributed by atoms with van der Waals surface area (Å²) in [4.78, 5) is 2.54. The van der Waals surface area contributed by atoms with Crippen molar-refractivity contribution in [3.05, 3.63) is 18.2 Å². The number of benzene rings is 1. The SMILES string of the molecule is COc1ccc(OCCO[C@H]2CCCCC2N2CCOCC2)cc1OC. The van der Waals surface area contributed by atoms with Crippen LogP contribution in [0.5, 0.6) is 17.2 Å². The van der Waals surface area contributed by atoms with Crippen molar-refractivity contribution in [2.45, 2.75) is 37.8 Å². The maximum atomic E-state index is 6.21. The van der Waals surface area contributed by atoms with E-state index in [-0.39, 0.29) is 0 Å². The highest BCUT2D eigenvalue weighted by Crippen LogP contribution is 2.31. The second-order valence-electron chi connectivity index (χ2n) is 6.77. The summed E-state index contributed by atoms with van der Waals surface area (Å²) in [6, 6.07) is 6.10. The average molecular weight is 365 g/mol. The highest BCUT2D eigenvalue weighted by Gasteiger charge is 2.31. The molecule has 2 aliphatic rings. The summed E-state index contributed by atoms with van der Waals surface area (Å²) in [5.41, 5.74) is 0. The van der Waals surface area contributed by atoms with Crippen molar-refractivity contribution in [3.8, 4) is 17.2 Å². The number of hydrogen-bond donors (Lipinski definition) is 0. The van der Waals surface area contributed by atoms with E-state index in [1.807, 2.05) is 18.2 Å². The van der Waals surface area contributed by atoms with Crippen LogP contribution in [0.2, 0.25) is 0 Å². The van der Waals surface area contributed by atoms with E-state index >= 15 is 0 Å². The standard InChI is InChI=1S/C20H31NO5/c1-22-19-8-7-16(15-20(19)23-2)25-13-14-26-18-6-4-3-5-17(18)21-9-11-24-12-10-21/h7-8,15,17-18H,3-6,9-14H2,1-2H3/t17?,18-/m0/s1. The molecule has 0 bridgehead atoms. The number of morpholine rings is 1. The van der Waals surface area contributed by atoms with Gasteiger partial charge in [-0.2, -0.15) is 0 Å². The zero-order chi connectivity index (χ0) is 18.2. The van der Waals surface area contributed by atoms with Gasteiger partial charge in [0.2, 0.25) is 0 Å². The molecule has 3 rings (SSSR count). The molecule has 26 heavy (non-hydrogen) atoms. The van der Waals surface area contributed by atoms with Gasteiger partial charge >= 0.3 is 0 Å². The Hall–Kier alpha value is -1.50. The summed E-state index contributed by atoms with van der Waals surface area (Å²) in [6.45, 7) is 4.85. The molecule has 0 aromatic heterocycles. The lowest BCUT2D eigenvalue weighted by molar-refractivity contribution is -0.0698. The maximum Gasteiger partial charge on any atom is 0.164 e. The molecule has 146 valence electrons. The molecule has 6 nitrogen and oxygen atoms in total. The van der Waals surface area contributed by atoms with Crippen LogP contribution in [0.1, 0.15) is 25.7 Å². The van der Waals surface area contributed by atoms with Crippen molar-refractivity contribution in [2.24, 2.45) is 0 Å². The summed E-state index contributed by atoms with van der Waals surface area (Å²) >= 11 is 0. The first-order valence-corrected chi connectivity index (χ1v) is 9.60. The van der Waals surface area contributed by atoms with E-state index in [2.05, 4.69) is 4.90 Å². The third kappa shape index (κ3) is 5.02. The lowest BCUT2D eigenvalue weighted by Gasteiger charge is -2.41. The molecule has 6 heteroatoms. The fourth-order valence-electron chi connectivity index (χ4n) is 3.86. The number of methoxy groups -OCH3 is 2. The van der Waals surface area contributed by atoms with Crippen LogP contribution in [0, 0.1) is 0 Å². The van der Waals surface area contributed by atoms with E-state index in [0.717, 1.165) is 38.5 Å². The molecule has 2 fully saturated rings. The minimum atomic E-state index is 0.302. The minimum absolute atomic E-state index is 0.302. The minimum Gasteiger partial charge on any atom is -0.493 e. The first-order chi connectivity index (χ1) is 12.8. The predicted octanol–water partition coefficient (Wildman–Crippen LogP) is 2.74. The summed E-state index contributed by atoms with van der Waals surface area (Å²) < 4.78 is 28.1. The number of nitrogens with zero attached hydrogens (tertiary/aromatic N) is 1. The Kier molecular flexibility index (Phi) is 7.41. The normalized spacial score (nSPS) is 24.2. The monoisotopic (exact) mass is 365 g/mol. The highest BCUT2D eigenvalue weighted by molar-refractivity contribution is 5.45. The van der Waals surface area contributed by atoms with Crippen LogP contribution >= 0.6 is 0 Å². The predicted molar refractivity (Wildman–Crippen MR) is 99.4 cm³/mol. The van der Waals surface area contributed by atoms with Crippen LogP contribution in [0.25, 0.3) is 0 Å². The van der Waals surface area contributed by atoms with E-state index < -0.39 is 0 Å². The molecule has 1 aliphatic carbocycles. The zero-order valence-electron chi connectivity index (χ0n) is 15.9. The molecular formula is C20H31NO5. The van der Waals surface area contributed by atoms with Gasteiger partial charge in [0.05, 0.1) is 40.1 Å². The highest BCUT2D eigenvalue weighted by atomic mass is 16.5. The van der Waals surface area contributed by atoms with E-state index in [1.54, 1.807) is 14.2 Å². The van der Waals surface area contributed by atoms with Gasteiger partial charge in [-0.15, -0.1) is 0 Å². The Bertz CT molecular complexity index is 547. The van der Waals surface area contributed by atoms with Crippen LogP contribution in [0.4, 0.5) is 0 Å². The lowest BCUT2D eigenvalue weighted by atomic mass is 9.91. The van der Waals surface area contributed by atoms with E-state index in [1.165, 1.54) is 19.3 Å². The van der Waals surface area contributed by atoms with Gasteiger partial charge < -0.3 is 23.7 Å². The maximum absolute atomic E-state index is 6.21. The molecule has 0 N–H and O–H groups in total. The van der Waals surface area contributed by atoms with Crippen LogP contribution in [-0.4, -0.2) is 70.8 Å². The summed E-state index contributed by atoms with van der Waals surface area (Å²) in [5, 5.41) is 0. The Morgan fingerprint density at radius 3 is 2.54 bits per heavy atom. The van der Waals surface area contributed by atoms with Crippen LogP contribution in [0.3, 0.4) is 0 Å². The third-order valence-electron chi connectivity index (χ3n) is 5.22. The van der Waals surface area contributed by atoms with Gasteiger partial charge in [-0.05, 0) is 25.0 Å². The van der Waals surface area contributed by atoms with Gasteiger partial charge in [-0.1, -0.05) is 12.8 Å². The van der Waals surface area contributed by atoms with Gasteiger partial charge in [-0.3, -0.25) is 4.90 Å². The Morgan fingerprint density at radius 2 is 1.77 bits per heavy atom. The van der Waals surface area contributed by atoms with Gasteiger partial charge in [0.25, 0.3) is 0 Å². The van der Waals surface area contributed by atoms with Gasteiger partial charge in [-0.25, -0.2) is 0 Å². The number of rotatable bonds is 8. The molecule has 1 aromatic rings. The van der Waals surface area contributed by atoms with Crippen molar-refractivity contribution >= 4 is 0 Å². The lowest BCUT2D eigenvalue weighted by Crippen LogP contribution is -2.51. The largest absolute Gasteiger partial charge is 0.493 e. The molecule has 0 amide bonds. The van der Waals surface area contributed by atoms with Crippen LogP contribution in [0.15, 0.2) is 18.2 Å². The van der Waals surface area contributed by atoms with Crippen molar-refractivity contribution < 1.29 is 23.7 Å². The number of ether oxygens (including phenoxy) is 5. The third-order valence-corrected chi connectivity index (χ3v) is 5.22. The van der Waals surface area contributed by atoms with Crippen molar-refractivity contribution in [1.82, 2.24) is 4.90 Å². The Morgan fingerprint density at radius 1 is 1.00 bits per heavy atom. The molecule has 0 spiro atoms. The van der Waals surface area contributed by atoms with Gasteiger partial charge in [0.15, 0.2) is 11.5 Å². The molecule has 1 saturated carbocycles. The molecule has 1 saturated heterocycles. The quantitative estimate of drug-likeness (QED) is 0.660. The molecule has 1 unspecified atom stereocenters. The fraction of sp³-hybridized carbons (Fsp3) is 0.700. The Balaban J connectivity index is 1.46. The second kappa shape index (κ2) is 10.00. The number of hydrogen-bond acceptors (Lipinski definition) is 6. The summed E-state index contributed by atoms with van der Waals surface area (Å²) in [6.07, 6.45) is 5.21. The fourth-order valence-corrected chi connectivity index (χ4v) is 3.86. The smallest absolute Gasteiger partial charge is 0.164 e. The van der Waals surface area contributed by atoms with Crippen molar-refractivity contribution in [3.63, 3.8) is 0 Å². The Labute approximate surface area is 156 Å². The van der Waals surface area contributed by atoms with Crippen molar-refractivity contribution in [1.29, 1.82) is 0 Å². The van der Waals surface area contributed by atoms with Gasteiger partial charge in [0.1, 0.15) is 12.4 Å². The topological polar surface area (TPSA) is 49.4 Å². The molecule has 2 atom stereocenters. The molecule has 1 aliphatic heterocycles. The molecule has 0 radical (unpaired) electrons. The molecule has 1 heterocycles. The van der Waals surface area contributed by atoms with Crippen molar-refractivity contribution in [2.75, 3.05) is 53.7 Å². The first kappa shape index (κ1) is 19.3. The second-order valence-corrected chi connectivity index (χ2v) is 6.77. The van der Waals surface area contributed by atoms with E-state index in [4.69, 9.17) is 23.7 Å². The van der Waals surface area contributed by atoms with Crippen LogP contribution in [-0.2, 0) is 9.47 Å². The van der Waals surface area contributed by atoms with Gasteiger partial charge in [0, 0.05) is 25.2 Å². The molecular weight excluding hydrogens is 334 g/mol. The summed E-state index contributed by atoms with van der Waals surface area (Å²) in [7, 11) is 3.25. The first-order valence-electron chi connectivity index (χ1n) is 9.60.